The van der Waals surface area contributed by atoms with Crippen molar-refractivity contribution in [2.75, 3.05) is 5.32 Å². The Morgan fingerprint density at radius 1 is 1.13 bits per heavy atom. The van der Waals surface area contributed by atoms with Gasteiger partial charge >= 0.3 is 5.69 Å². The first kappa shape index (κ1) is 16.2. The van der Waals surface area contributed by atoms with E-state index in [1.807, 2.05) is 0 Å². The topological polar surface area (TPSA) is 98.5 Å². The van der Waals surface area contributed by atoms with Crippen LogP contribution in [0.1, 0.15) is 24.2 Å². The summed E-state index contributed by atoms with van der Waals surface area (Å²) in [6.45, 7) is 2.70. The second-order valence-electron chi connectivity index (χ2n) is 4.81. The third-order valence-corrected chi connectivity index (χ3v) is 2.94. The van der Waals surface area contributed by atoms with Crippen LogP contribution in [-0.2, 0) is 4.79 Å². The molecule has 7 heteroatoms. The molecule has 0 spiro atoms. The number of ether oxygens (including phenoxy) is 1. The molecule has 0 fully saturated rings. The van der Waals surface area contributed by atoms with Gasteiger partial charge in [-0.05, 0) is 31.2 Å². The van der Waals surface area contributed by atoms with E-state index in [4.69, 9.17) is 4.74 Å². The number of nitrogens with one attached hydrogen (secondary N) is 1. The van der Waals surface area contributed by atoms with Crippen LogP contribution < -0.4 is 10.1 Å². The fourth-order valence-corrected chi connectivity index (χ4v) is 1.93. The largest absolute Gasteiger partial charge is 0.450 e. The van der Waals surface area contributed by atoms with Crippen LogP contribution in [0.2, 0.25) is 0 Å². The Balaban J connectivity index is 2.34. The minimum Gasteiger partial charge on any atom is -0.450 e. The van der Waals surface area contributed by atoms with Crippen LogP contribution in [0.4, 0.5) is 11.4 Å². The van der Waals surface area contributed by atoms with Gasteiger partial charge in [-0.25, -0.2) is 0 Å². The van der Waals surface area contributed by atoms with Gasteiger partial charge in [-0.2, -0.15) is 0 Å². The zero-order chi connectivity index (χ0) is 17.0. The molecule has 0 aliphatic carbocycles. The third-order valence-electron chi connectivity index (χ3n) is 2.94. The molecule has 0 atom stereocenters. The molecule has 0 bridgehead atoms. The number of ketones is 1. The first-order valence-electron chi connectivity index (χ1n) is 6.71. The maximum Gasteiger partial charge on any atom is 0.312 e. The van der Waals surface area contributed by atoms with Crippen LogP contribution in [0, 0.1) is 10.1 Å². The van der Waals surface area contributed by atoms with Crippen molar-refractivity contribution in [2.45, 2.75) is 13.8 Å². The summed E-state index contributed by atoms with van der Waals surface area (Å²) in [5.74, 6) is -0.166. The van der Waals surface area contributed by atoms with Crippen LogP contribution in [0.15, 0.2) is 42.5 Å². The van der Waals surface area contributed by atoms with Crippen molar-refractivity contribution in [1.82, 2.24) is 0 Å². The Labute approximate surface area is 132 Å². The van der Waals surface area contributed by atoms with E-state index < -0.39 is 4.92 Å². The van der Waals surface area contributed by atoms with Gasteiger partial charge in [0.25, 0.3) is 0 Å². The molecular weight excluding hydrogens is 300 g/mol. The molecule has 0 saturated heterocycles. The molecular formula is C16H14N2O5. The summed E-state index contributed by atoms with van der Waals surface area (Å²) in [5.41, 5.74) is 0.441. The lowest BCUT2D eigenvalue weighted by atomic mass is 10.1. The second-order valence-corrected chi connectivity index (χ2v) is 4.81. The highest BCUT2D eigenvalue weighted by atomic mass is 16.6. The molecule has 0 radical (unpaired) electrons. The summed E-state index contributed by atoms with van der Waals surface area (Å²) in [7, 11) is 0. The smallest absolute Gasteiger partial charge is 0.312 e. The highest BCUT2D eigenvalue weighted by Crippen LogP contribution is 2.33. The first-order chi connectivity index (χ1) is 10.9. The van der Waals surface area contributed by atoms with E-state index in [9.17, 15) is 19.7 Å². The third kappa shape index (κ3) is 4.13. The van der Waals surface area contributed by atoms with Crippen LogP contribution in [0.25, 0.3) is 0 Å². The van der Waals surface area contributed by atoms with E-state index in [1.165, 1.54) is 32.0 Å². The average molecular weight is 314 g/mol. The lowest BCUT2D eigenvalue weighted by Gasteiger charge is -2.09. The maximum atomic E-state index is 11.3. The number of anilines is 1. The van der Waals surface area contributed by atoms with Gasteiger partial charge in [-0.15, -0.1) is 0 Å². The summed E-state index contributed by atoms with van der Waals surface area (Å²) in [6, 6.07) is 10.5. The fraction of sp³-hybridized carbons (Fsp3) is 0.125. The zero-order valence-electron chi connectivity index (χ0n) is 12.5. The Bertz CT molecular complexity index is 786. The molecule has 23 heavy (non-hydrogen) atoms. The van der Waals surface area contributed by atoms with Crippen molar-refractivity contribution in [1.29, 1.82) is 0 Å². The van der Waals surface area contributed by atoms with Gasteiger partial charge < -0.3 is 10.1 Å². The van der Waals surface area contributed by atoms with Gasteiger partial charge in [0.1, 0.15) is 5.75 Å². The van der Waals surface area contributed by atoms with E-state index in [2.05, 4.69) is 5.32 Å². The molecule has 0 aliphatic rings. The number of benzene rings is 2. The Morgan fingerprint density at radius 3 is 2.48 bits per heavy atom. The van der Waals surface area contributed by atoms with Crippen LogP contribution in [-0.4, -0.2) is 16.6 Å². The lowest BCUT2D eigenvalue weighted by Crippen LogP contribution is -2.05. The highest BCUT2D eigenvalue weighted by Gasteiger charge is 2.18. The van der Waals surface area contributed by atoms with Gasteiger partial charge in [-0.1, -0.05) is 6.07 Å². The second kappa shape index (κ2) is 6.69. The minimum absolute atomic E-state index is 0.0139. The molecule has 0 aromatic heterocycles. The molecule has 2 aromatic carbocycles. The summed E-state index contributed by atoms with van der Waals surface area (Å²) >= 11 is 0. The number of hydrogen-bond donors (Lipinski definition) is 1. The molecule has 0 aliphatic heterocycles. The fourth-order valence-electron chi connectivity index (χ4n) is 1.93. The molecule has 0 heterocycles. The Hall–Kier alpha value is -3.22. The summed E-state index contributed by atoms with van der Waals surface area (Å²) < 4.78 is 5.52. The predicted octanol–water partition coefficient (Wildman–Crippen LogP) is 3.55. The summed E-state index contributed by atoms with van der Waals surface area (Å²) in [5, 5.41) is 13.8. The van der Waals surface area contributed by atoms with Gasteiger partial charge in [0.05, 0.1) is 4.92 Å². The number of nitro groups is 1. The highest BCUT2D eigenvalue weighted by molar-refractivity contribution is 5.95. The number of nitrogens with zero attached hydrogens (tertiary/aromatic N) is 1. The molecule has 2 rings (SSSR count). The number of amides is 1. The lowest BCUT2D eigenvalue weighted by molar-refractivity contribution is -0.385. The monoisotopic (exact) mass is 314 g/mol. The molecule has 0 saturated carbocycles. The van der Waals surface area contributed by atoms with Crippen molar-refractivity contribution in [3.8, 4) is 11.5 Å². The molecule has 7 nitrogen and oxygen atoms in total. The molecule has 1 amide bonds. The molecule has 118 valence electrons. The number of hydrogen-bond acceptors (Lipinski definition) is 5. The van der Waals surface area contributed by atoms with E-state index in [-0.39, 0.29) is 28.7 Å². The van der Waals surface area contributed by atoms with Gasteiger partial charge in [-0.3, -0.25) is 19.7 Å². The van der Waals surface area contributed by atoms with Gasteiger partial charge in [0.15, 0.2) is 5.78 Å². The van der Waals surface area contributed by atoms with E-state index >= 15 is 0 Å². The quantitative estimate of drug-likeness (QED) is 0.517. The van der Waals surface area contributed by atoms with Gasteiger partial charge in [0, 0.05) is 30.3 Å². The molecule has 0 unspecified atom stereocenters. The Morgan fingerprint density at radius 2 is 1.87 bits per heavy atom. The zero-order valence-corrected chi connectivity index (χ0v) is 12.5. The number of carbonyl (C=O) groups excluding carboxylic acids is 2. The van der Waals surface area contributed by atoms with Crippen molar-refractivity contribution in [3.63, 3.8) is 0 Å². The van der Waals surface area contributed by atoms with Crippen molar-refractivity contribution in [2.24, 2.45) is 0 Å². The molecule has 1 N–H and O–H groups in total. The number of rotatable bonds is 5. The minimum atomic E-state index is -0.612. The first-order valence-corrected chi connectivity index (χ1v) is 6.71. The number of Topliss-reactive ketones (excluding diaryl/α,β-unsaturated/α-hetero) is 1. The standard InChI is InChI=1S/C16H14N2O5/c1-10(19)12-6-7-16(15(8-12)18(21)22)23-14-5-3-4-13(9-14)17-11(2)20/h3-9H,1-2H3,(H,17,20). The van der Waals surface area contributed by atoms with Crippen molar-refractivity contribution in [3.05, 3.63) is 58.1 Å². The van der Waals surface area contributed by atoms with Gasteiger partial charge in [0.2, 0.25) is 11.7 Å². The normalized spacial score (nSPS) is 10.0. The van der Waals surface area contributed by atoms with Crippen LogP contribution in [0.5, 0.6) is 11.5 Å². The SMILES string of the molecule is CC(=O)Nc1cccc(Oc2ccc(C(C)=O)cc2[N+](=O)[O-])c1. The van der Waals surface area contributed by atoms with Crippen molar-refractivity contribution < 1.29 is 19.2 Å². The maximum absolute atomic E-state index is 11.3. The summed E-state index contributed by atoms with van der Waals surface area (Å²) in [6.07, 6.45) is 0. The molecule has 2 aromatic rings. The van der Waals surface area contributed by atoms with E-state index in [0.29, 0.717) is 11.4 Å². The van der Waals surface area contributed by atoms with Crippen LogP contribution >= 0.6 is 0 Å². The predicted molar refractivity (Wildman–Crippen MR) is 83.9 cm³/mol. The van der Waals surface area contributed by atoms with E-state index in [0.717, 1.165) is 0 Å². The number of nitro benzene ring substituents is 1. The van der Waals surface area contributed by atoms with Crippen LogP contribution in [0.3, 0.4) is 0 Å². The Kier molecular flexibility index (Phi) is 4.70. The van der Waals surface area contributed by atoms with E-state index in [1.54, 1.807) is 24.3 Å². The average Bonchev–Trinajstić information content (AvgIpc) is 2.46. The summed E-state index contributed by atoms with van der Waals surface area (Å²) in [4.78, 5) is 32.9. The van der Waals surface area contributed by atoms with Crippen molar-refractivity contribution >= 4 is 23.1 Å². The number of carbonyl (C=O) groups is 2.